The molecule has 0 amide bonds. The van der Waals surface area contributed by atoms with E-state index in [0.29, 0.717) is 11.8 Å². The summed E-state index contributed by atoms with van der Waals surface area (Å²) in [6.07, 6.45) is 17.9. The number of nitrogens with one attached hydrogen (secondary N) is 1. The Bertz CT molecular complexity index is 532. The molecule has 0 bridgehead atoms. The highest BCUT2D eigenvalue weighted by Gasteiger charge is 2.39. The number of hydrogen-bond acceptors (Lipinski definition) is 3. The van der Waals surface area contributed by atoms with Crippen molar-refractivity contribution in [2.45, 2.75) is 128 Å². The van der Waals surface area contributed by atoms with Crippen LogP contribution in [-0.2, 0) is 0 Å². The summed E-state index contributed by atoms with van der Waals surface area (Å²) in [6.45, 7) is 9.23. The van der Waals surface area contributed by atoms with Crippen LogP contribution in [0.25, 0.3) is 0 Å². The summed E-state index contributed by atoms with van der Waals surface area (Å²) >= 11 is 0. The molecular weight excluding hydrogens is 320 g/mol. The standard InChI is InChI=1S/C23H40N2O/c1-22(2)15-19(16-23(3,4)25-22)20-17-24-21(26-20)18-13-11-9-7-5-6-8-10-12-14-18/h17-19,25H,5-16H2,1-4H3. The predicted octanol–water partition coefficient (Wildman–Crippen LogP) is 6.70. The average Bonchev–Trinajstić information content (AvgIpc) is 2.99. The van der Waals surface area contributed by atoms with E-state index in [9.17, 15) is 0 Å². The third-order valence-corrected chi connectivity index (χ3v) is 6.34. The van der Waals surface area contributed by atoms with Crippen LogP contribution in [-0.4, -0.2) is 16.1 Å². The maximum atomic E-state index is 6.41. The van der Waals surface area contributed by atoms with Gasteiger partial charge in [-0.2, -0.15) is 0 Å². The van der Waals surface area contributed by atoms with E-state index < -0.39 is 0 Å². The van der Waals surface area contributed by atoms with Crippen LogP contribution in [0.3, 0.4) is 0 Å². The third-order valence-electron chi connectivity index (χ3n) is 6.34. The van der Waals surface area contributed by atoms with E-state index in [0.717, 1.165) is 24.5 Å². The second-order valence-electron chi connectivity index (χ2n) is 10.2. The summed E-state index contributed by atoms with van der Waals surface area (Å²) in [7, 11) is 0. The Hall–Kier alpha value is -0.830. The van der Waals surface area contributed by atoms with E-state index in [-0.39, 0.29) is 11.1 Å². The molecule has 3 rings (SSSR count). The number of aromatic nitrogens is 1. The molecule has 3 heteroatoms. The predicted molar refractivity (Wildman–Crippen MR) is 109 cm³/mol. The summed E-state index contributed by atoms with van der Waals surface area (Å²) in [6, 6.07) is 0. The van der Waals surface area contributed by atoms with E-state index >= 15 is 0 Å². The first-order valence-electron chi connectivity index (χ1n) is 11.1. The molecule has 148 valence electrons. The highest BCUT2D eigenvalue weighted by molar-refractivity contribution is 5.12. The summed E-state index contributed by atoms with van der Waals surface area (Å²) in [5.41, 5.74) is 0.294. The molecule has 3 nitrogen and oxygen atoms in total. The molecule has 1 aliphatic heterocycles. The Morgan fingerprint density at radius 1 is 0.808 bits per heavy atom. The zero-order chi connectivity index (χ0) is 18.6. The first-order chi connectivity index (χ1) is 12.3. The summed E-state index contributed by atoms with van der Waals surface area (Å²) in [5, 5.41) is 3.77. The van der Waals surface area contributed by atoms with Crippen molar-refractivity contribution in [3.63, 3.8) is 0 Å². The van der Waals surface area contributed by atoms with Crippen molar-refractivity contribution >= 4 is 0 Å². The van der Waals surface area contributed by atoms with Crippen LogP contribution >= 0.6 is 0 Å². The molecule has 0 spiro atoms. The molecule has 2 heterocycles. The molecule has 0 radical (unpaired) electrons. The number of rotatable bonds is 2. The fourth-order valence-corrected chi connectivity index (χ4v) is 5.44. The number of nitrogens with zero attached hydrogens (tertiary/aromatic N) is 1. The smallest absolute Gasteiger partial charge is 0.197 e. The van der Waals surface area contributed by atoms with Crippen LogP contribution in [0.1, 0.15) is 128 Å². The Morgan fingerprint density at radius 3 is 1.85 bits per heavy atom. The van der Waals surface area contributed by atoms with E-state index in [1.807, 2.05) is 6.20 Å². The second kappa shape index (κ2) is 8.46. The van der Waals surface area contributed by atoms with Crippen LogP contribution in [0.15, 0.2) is 10.6 Å². The molecule has 0 unspecified atom stereocenters. The lowest BCUT2D eigenvalue weighted by molar-refractivity contribution is 0.150. The molecule has 0 atom stereocenters. The minimum atomic E-state index is 0.147. The van der Waals surface area contributed by atoms with Gasteiger partial charge in [-0.05, 0) is 53.4 Å². The minimum absolute atomic E-state index is 0.147. The van der Waals surface area contributed by atoms with Gasteiger partial charge in [0.1, 0.15) is 5.76 Å². The van der Waals surface area contributed by atoms with E-state index in [1.165, 1.54) is 64.2 Å². The average molecular weight is 361 g/mol. The summed E-state index contributed by atoms with van der Waals surface area (Å²) in [4.78, 5) is 4.77. The van der Waals surface area contributed by atoms with Gasteiger partial charge in [-0.1, -0.05) is 51.4 Å². The lowest BCUT2D eigenvalue weighted by Gasteiger charge is -2.45. The lowest BCUT2D eigenvalue weighted by atomic mass is 9.75. The van der Waals surface area contributed by atoms with Crippen molar-refractivity contribution in [2.24, 2.45) is 0 Å². The molecule has 1 aliphatic carbocycles. The molecule has 1 saturated heterocycles. The maximum Gasteiger partial charge on any atom is 0.197 e. The van der Waals surface area contributed by atoms with Crippen LogP contribution in [0.4, 0.5) is 0 Å². The van der Waals surface area contributed by atoms with Gasteiger partial charge in [0.25, 0.3) is 0 Å². The second-order valence-corrected chi connectivity index (χ2v) is 10.2. The van der Waals surface area contributed by atoms with Crippen molar-refractivity contribution in [1.29, 1.82) is 0 Å². The fourth-order valence-electron chi connectivity index (χ4n) is 5.44. The van der Waals surface area contributed by atoms with Gasteiger partial charge in [-0.3, -0.25) is 0 Å². The SMILES string of the molecule is CC1(C)CC(c2cnc(C3CCCCCCCCCC3)o2)CC(C)(C)N1. The van der Waals surface area contributed by atoms with Gasteiger partial charge in [0.15, 0.2) is 5.89 Å². The topological polar surface area (TPSA) is 38.1 Å². The molecule has 1 aromatic rings. The zero-order valence-electron chi connectivity index (χ0n) is 17.6. The highest BCUT2D eigenvalue weighted by atomic mass is 16.4. The van der Waals surface area contributed by atoms with Gasteiger partial charge >= 0.3 is 0 Å². The molecule has 1 N–H and O–H groups in total. The van der Waals surface area contributed by atoms with Gasteiger partial charge in [-0.15, -0.1) is 0 Å². The Morgan fingerprint density at radius 2 is 1.31 bits per heavy atom. The normalized spacial score (nSPS) is 26.3. The van der Waals surface area contributed by atoms with Gasteiger partial charge in [0.2, 0.25) is 0 Å². The van der Waals surface area contributed by atoms with Crippen molar-refractivity contribution < 1.29 is 4.42 Å². The Balaban J connectivity index is 1.69. The van der Waals surface area contributed by atoms with E-state index in [2.05, 4.69) is 33.0 Å². The molecule has 1 saturated carbocycles. The van der Waals surface area contributed by atoms with E-state index in [4.69, 9.17) is 9.40 Å². The minimum Gasteiger partial charge on any atom is -0.445 e. The van der Waals surface area contributed by atoms with Crippen LogP contribution in [0, 0.1) is 0 Å². The third kappa shape index (κ3) is 5.58. The van der Waals surface area contributed by atoms with Gasteiger partial charge in [0, 0.05) is 22.9 Å². The van der Waals surface area contributed by atoms with Gasteiger partial charge in [-0.25, -0.2) is 4.98 Å². The van der Waals surface area contributed by atoms with Crippen molar-refractivity contribution in [3.8, 4) is 0 Å². The van der Waals surface area contributed by atoms with Crippen molar-refractivity contribution in [2.75, 3.05) is 0 Å². The molecular formula is C23H40N2O. The summed E-state index contributed by atoms with van der Waals surface area (Å²) < 4.78 is 6.41. The monoisotopic (exact) mass is 360 g/mol. The maximum absolute atomic E-state index is 6.41. The highest BCUT2D eigenvalue weighted by Crippen LogP contribution is 2.40. The first kappa shape index (κ1) is 19.9. The number of oxazole rings is 1. The quantitative estimate of drug-likeness (QED) is 0.638. The first-order valence-corrected chi connectivity index (χ1v) is 11.1. The van der Waals surface area contributed by atoms with E-state index in [1.54, 1.807) is 0 Å². The molecule has 26 heavy (non-hydrogen) atoms. The summed E-state index contributed by atoms with van der Waals surface area (Å²) in [5.74, 6) is 3.15. The fraction of sp³-hybridized carbons (Fsp3) is 0.870. The Labute approximate surface area is 160 Å². The lowest BCUT2D eigenvalue weighted by Crippen LogP contribution is -2.57. The molecule has 0 aromatic carbocycles. The van der Waals surface area contributed by atoms with Crippen LogP contribution in [0.5, 0.6) is 0 Å². The largest absolute Gasteiger partial charge is 0.445 e. The number of hydrogen-bond donors (Lipinski definition) is 1. The van der Waals surface area contributed by atoms with Crippen LogP contribution < -0.4 is 5.32 Å². The molecule has 2 fully saturated rings. The Kier molecular flexibility index (Phi) is 6.48. The number of piperidine rings is 1. The van der Waals surface area contributed by atoms with Gasteiger partial charge in [0.05, 0.1) is 6.20 Å². The molecule has 2 aliphatic rings. The van der Waals surface area contributed by atoms with Crippen LogP contribution in [0.2, 0.25) is 0 Å². The van der Waals surface area contributed by atoms with Crippen molar-refractivity contribution in [3.05, 3.63) is 17.8 Å². The van der Waals surface area contributed by atoms with Gasteiger partial charge < -0.3 is 9.73 Å². The zero-order valence-corrected chi connectivity index (χ0v) is 17.6. The molecule has 1 aromatic heterocycles. The van der Waals surface area contributed by atoms with Crippen molar-refractivity contribution in [1.82, 2.24) is 10.3 Å².